The minimum absolute atomic E-state index is 0.107. The molecule has 0 aromatic heterocycles. The molecule has 12 nitrogen and oxygen atoms in total. The van der Waals surface area contributed by atoms with Crippen molar-refractivity contribution in [1.29, 1.82) is 0 Å². The van der Waals surface area contributed by atoms with Gasteiger partial charge in [0.05, 0.1) is 5.56 Å². The number of nitrogens with one attached hydrogen (secondary N) is 2. The minimum atomic E-state index is -1.16. The van der Waals surface area contributed by atoms with Crippen molar-refractivity contribution in [3.05, 3.63) is 70.2 Å². The van der Waals surface area contributed by atoms with Crippen LogP contribution < -0.4 is 10.6 Å². The third-order valence-corrected chi connectivity index (χ3v) is 8.70. The second kappa shape index (κ2) is 20.1. The predicted octanol–water partition coefficient (Wildman–Crippen LogP) is 7.24. The Morgan fingerprint density at radius 2 is 1.22 bits per heavy atom. The molecule has 0 aliphatic heterocycles. The molecule has 270 valence electrons. The Morgan fingerprint density at radius 3 is 1.59 bits per heavy atom. The topological polar surface area (TPSA) is 178 Å². The summed E-state index contributed by atoms with van der Waals surface area (Å²) in [4.78, 5) is 59.8. The van der Waals surface area contributed by atoms with Crippen LogP contribution in [0, 0.1) is 13.8 Å². The molecule has 0 unspecified atom stereocenters. The van der Waals surface area contributed by atoms with Crippen LogP contribution >= 0.6 is 39.5 Å². The first-order valence-electron chi connectivity index (χ1n) is 15.0. The fourth-order valence-electron chi connectivity index (χ4n) is 3.53. The van der Waals surface area contributed by atoms with Gasteiger partial charge in [-0.3, -0.25) is 0 Å². The Hall–Kier alpha value is -3.69. The van der Waals surface area contributed by atoms with Crippen LogP contribution in [0.3, 0.4) is 0 Å². The van der Waals surface area contributed by atoms with Gasteiger partial charge in [-0.1, -0.05) is 28.6 Å². The molecule has 2 atom stereocenters. The lowest BCUT2D eigenvalue weighted by Gasteiger charge is -2.22. The van der Waals surface area contributed by atoms with Gasteiger partial charge in [0, 0.05) is 25.8 Å². The van der Waals surface area contributed by atoms with Gasteiger partial charge in [0.1, 0.15) is 29.9 Å². The lowest BCUT2D eigenvalue weighted by Crippen LogP contribution is -2.44. The Morgan fingerprint density at radius 1 is 0.796 bits per heavy atom. The highest BCUT2D eigenvalue weighted by Crippen LogP contribution is 2.26. The number of hydrogen-bond donors (Lipinski definition) is 4. The van der Waals surface area contributed by atoms with Crippen LogP contribution in [0.25, 0.3) is 0 Å². The highest BCUT2D eigenvalue weighted by Gasteiger charge is 2.25. The van der Waals surface area contributed by atoms with Crippen molar-refractivity contribution < 1.29 is 48.4 Å². The number of thioether (sulfide) groups is 2. The maximum atomic E-state index is 11.8. The second-order valence-corrected chi connectivity index (χ2v) is 15.5. The molecule has 2 aromatic carbocycles. The first kappa shape index (κ1) is 43.3. The molecule has 2 aromatic rings. The standard InChI is InChI=1S/C19H25NO6S.C15H20BrNO4S/c1-6-9-25-17(23)13-7-8-15(12(2)10-13)27-11-14(16(21)22)20-18(24)26-19(3,4)5;1-9-7-10(16)5-6-12(9)22-8-11(13(18)19)17-14(20)21-15(2,3)4/h6-8,10,14H,1,9,11H2,2-5H3,(H,20,24)(H,21,22);5-7,11H,8H2,1-4H3,(H,17,20)(H,18,19)/t14-;11-/m00/s1. The summed E-state index contributed by atoms with van der Waals surface area (Å²) in [5.74, 6) is -2.37. The Kier molecular flexibility index (Phi) is 17.8. The summed E-state index contributed by atoms with van der Waals surface area (Å²) in [5.41, 5.74) is 0.866. The van der Waals surface area contributed by atoms with Crippen LogP contribution in [0.1, 0.15) is 63.0 Å². The number of ether oxygens (including phenoxy) is 3. The zero-order chi connectivity index (χ0) is 37.5. The SMILES string of the molecule is C=CCOC(=O)c1ccc(SC[C@H](NC(=O)OC(C)(C)C)C(=O)O)c(C)c1.Cc1cc(Br)ccc1SC[C@H](NC(=O)OC(C)(C)C)C(=O)O. The van der Waals surface area contributed by atoms with Crippen molar-refractivity contribution in [2.45, 2.75) is 88.5 Å². The number of benzene rings is 2. The Balaban J connectivity index is 0.000000500. The number of aliphatic carboxylic acids is 2. The molecule has 0 aliphatic carbocycles. The third kappa shape index (κ3) is 18.0. The van der Waals surface area contributed by atoms with Crippen LogP contribution in [0.15, 0.2) is 63.3 Å². The summed E-state index contributed by atoms with van der Waals surface area (Å²) in [6.07, 6.45) is -0.0286. The van der Waals surface area contributed by atoms with E-state index in [0.717, 1.165) is 25.4 Å². The summed E-state index contributed by atoms with van der Waals surface area (Å²) in [7, 11) is 0. The summed E-state index contributed by atoms with van der Waals surface area (Å²) >= 11 is 6.03. The average molecular weight is 786 g/mol. The maximum Gasteiger partial charge on any atom is 0.408 e. The summed E-state index contributed by atoms with van der Waals surface area (Å²) in [6, 6.07) is 8.64. The first-order valence-corrected chi connectivity index (χ1v) is 17.7. The number of carboxylic acids is 2. The molecule has 0 saturated carbocycles. The highest BCUT2D eigenvalue weighted by molar-refractivity contribution is 9.10. The average Bonchev–Trinajstić information content (AvgIpc) is 2.95. The van der Waals surface area contributed by atoms with E-state index in [4.69, 9.17) is 14.2 Å². The summed E-state index contributed by atoms with van der Waals surface area (Å²) < 4.78 is 16.1. The van der Waals surface area contributed by atoms with Gasteiger partial charge < -0.3 is 35.1 Å². The minimum Gasteiger partial charge on any atom is -0.480 e. The fraction of sp³-hybridized carbons (Fsp3) is 0.441. The number of halogens is 1. The number of aryl methyl sites for hydroxylation is 2. The molecule has 4 N–H and O–H groups in total. The van der Waals surface area contributed by atoms with E-state index in [1.807, 2.05) is 32.0 Å². The van der Waals surface area contributed by atoms with E-state index in [9.17, 15) is 34.2 Å². The second-order valence-electron chi connectivity index (χ2n) is 12.5. The van der Waals surface area contributed by atoms with Gasteiger partial charge in [-0.25, -0.2) is 24.0 Å². The number of amides is 2. The maximum absolute atomic E-state index is 11.8. The van der Waals surface area contributed by atoms with Gasteiger partial charge in [-0.05, 0) is 103 Å². The van der Waals surface area contributed by atoms with E-state index in [1.165, 1.54) is 29.6 Å². The molecular weight excluding hydrogens is 740 g/mol. The third-order valence-electron chi connectivity index (χ3n) is 5.67. The van der Waals surface area contributed by atoms with Gasteiger partial charge in [-0.15, -0.1) is 23.5 Å². The number of esters is 1. The van der Waals surface area contributed by atoms with Crippen LogP contribution in [0.5, 0.6) is 0 Å². The molecule has 15 heteroatoms. The summed E-state index contributed by atoms with van der Waals surface area (Å²) in [5, 5.41) is 23.3. The Bertz CT molecular complexity index is 1490. The van der Waals surface area contributed by atoms with Gasteiger partial charge in [0.2, 0.25) is 0 Å². The van der Waals surface area contributed by atoms with E-state index in [0.29, 0.717) is 5.56 Å². The zero-order valence-electron chi connectivity index (χ0n) is 28.9. The van der Waals surface area contributed by atoms with Crippen molar-refractivity contribution in [2.75, 3.05) is 18.1 Å². The number of carboxylic acid groups (broad SMARTS) is 2. The van der Waals surface area contributed by atoms with E-state index in [-0.39, 0.29) is 18.1 Å². The molecule has 0 aliphatic rings. The zero-order valence-corrected chi connectivity index (χ0v) is 32.1. The van der Waals surface area contributed by atoms with Crippen LogP contribution in [0.4, 0.5) is 9.59 Å². The van der Waals surface area contributed by atoms with Gasteiger partial charge in [0.15, 0.2) is 0 Å². The smallest absolute Gasteiger partial charge is 0.408 e. The van der Waals surface area contributed by atoms with Crippen molar-refractivity contribution in [3.63, 3.8) is 0 Å². The number of alkyl carbamates (subject to hydrolysis) is 2. The van der Waals surface area contributed by atoms with Crippen LogP contribution in [-0.2, 0) is 23.8 Å². The fourth-order valence-corrected chi connectivity index (χ4v) is 6.05. The summed E-state index contributed by atoms with van der Waals surface area (Å²) in [6.45, 7) is 17.6. The molecule has 0 heterocycles. The lowest BCUT2D eigenvalue weighted by molar-refractivity contribution is -0.139. The molecule has 2 amide bonds. The molecule has 0 saturated heterocycles. The number of hydrogen-bond acceptors (Lipinski definition) is 10. The number of carbonyl (C=O) groups is 5. The molecule has 0 radical (unpaired) electrons. The molecule has 0 spiro atoms. The predicted molar refractivity (Wildman–Crippen MR) is 194 cm³/mol. The molecule has 0 fully saturated rings. The van der Waals surface area contributed by atoms with E-state index in [2.05, 4.69) is 33.1 Å². The Labute approximate surface area is 304 Å². The van der Waals surface area contributed by atoms with Crippen molar-refractivity contribution in [1.82, 2.24) is 10.6 Å². The first-order chi connectivity index (χ1) is 22.6. The molecular formula is C34H45BrN2O10S2. The van der Waals surface area contributed by atoms with E-state index >= 15 is 0 Å². The normalized spacial score (nSPS) is 12.3. The molecule has 49 heavy (non-hydrogen) atoms. The quantitative estimate of drug-likeness (QED) is 0.0694. The number of rotatable bonds is 13. The molecule has 0 bridgehead atoms. The van der Waals surface area contributed by atoms with Crippen LogP contribution in [0.2, 0.25) is 0 Å². The van der Waals surface area contributed by atoms with Crippen molar-refractivity contribution in [2.24, 2.45) is 0 Å². The van der Waals surface area contributed by atoms with Crippen LogP contribution in [-0.4, -0.2) is 81.7 Å². The molecule has 2 rings (SSSR count). The van der Waals surface area contributed by atoms with E-state index < -0.39 is 53.4 Å². The number of carbonyl (C=O) groups excluding carboxylic acids is 3. The van der Waals surface area contributed by atoms with Crippen molar-refractivity contribution in [3.8, 4) is 0 Å². The van der Waals surface area contributed by atoms with Gasteiger partial charge in [-0.2, -0.15) is 0 Å². The van der Waals surface area contributed by atoms with E-state index in [1.54, 1.807) is 59.7 Å². The van der Waals surface area contributed by atoms with Crippen molar-refractivity contribution >= 4 is 69.5 Å². The van der Waals surface area contributed by atoms with Gasteiger partial charge in [0.25, 0.3) is 0 Å². The monoisotopic (exact) mass is 784 g/mol. The van der Waals surface area contributed by atoms with Gasteiger partial charge >= 0.3 is 30.1 Å². The highest BCUT2D eigenvalue weighted by atomic mass is 79.9. The lowest BCUT2D eigenvalue weighted by atomic mass is 10.1. The largest absolute Gasteiger partial charge is 0.480 e.